The average Bonchev–Trinajstić information content (AvgIpc) is 2.97. The Morgan fingerprint density at radius 2 is 2.07 bits per heavy atom. The Morgan fingerprint density at radius 3 is 2.73 bits per heavy atom. The number of amides is 1. The van der Waals surface area contributed by atoms with Crippen molar-refractivity contribution >= 4 is 28.9 Å². The van der Waals surface area contributed by atoms with Crippen molar-refractivity contribution in [2.24, 2.45) is 16.8 Å². The minimum Gasteiger partial charge on any atom is -0.490 e. The van der Waals surface area contributed by atoms with Gasteiger partial charge < -0.3 is 25.0 Å². The van der Waals surface area contributed by atoms with Crippen LogP contribution in [0.1, 0.15) is 51.9 Å². The Balaban J connectivity index is 1.43. The molecule has 1 saturated heterocycles. The number of fused-ring (bicyclic) bond motifs is 1. The molecule has 13 heteroatoms. The summed E-state index contributed by atoms with van der Waals surface area (Å²) in [4.78, 5) is 21.0. The number of nitrogens with zero attached hydrogens (tertiary/aromatic N) is 4. The summed E-state index contributed by atoms with van der Waals surface area (Å²) in [7, 11) is 5.45. The van der Waals surface area contributed by atoms with Gasteiger partial charge in [-0.1, -0.05) is 11.6 Å². The zero-order valence-electron chi connectivity index (χ0n) is 26.6. The summed E-state index contributed by atoms with van der Waals surface area (Å²) in [6.45, 7) is 3.74. The Bertz CT molecular complexity index is 1230. The van der Waals surface area contributed by atoms with Gasteiger partial charge in [0.15, 0.2) is 0 Å². The number of hydrogen-bond acceptors (Lipinski definition) is 8. The number of benzene rings is 1. The molecule has 1 aromatic carbocycles. The monoisotopic (exact) mass is 654 g/mol. The van der Waals surface area contributed by atoms with Gasteiger partial charge in [-0.25, -0.2) is 0 Å². The van der Waals surface area contributed by atoms with Crippen molar-refractivity contribution in [2.45, 2.75) is 88.3 Å². The van der Waals surface area contributed by atoms with Crippen LogP contribution in [0.25, 0.3) is 0 Å². The molecule has 2 aliphatic heterocycles. The summed E-state index contributed by atoms with van der Waals surface area (Å²) in [6.07, 6.45) is -0.930. The first-order valence-electron chi connectivity index (χ1n) is 15.9. The Kier molecular flexibility index (Phi) is 12.4. The second kappa shape index (κ2) is 15.8. The summed E-state index contributed by atoms with van der Waals surface area (Å²) in [5, 5.41) is 17.1. The highest BCUT2D eigenvalue weighted by Gasteiger charge is 2.46. The van der Waals surface area contributed by atoms with E-state index in [2.05, 4.69) is 16.7 Å². The molecule has 0 radical (unpaired) electrons. The van der Waals surface area contributed by atoms with Crippen LogP contribution in [0.2, 0.25) is 5.02 Å². The van der Waals surface area contributed by atoms with E-state index in [0.29, 0.717) is 61.7 Å². The van der Waals surface area contributed by atoms with Gasteiger partial charge >= 0.3 is 6.18 Å². The molecule has 2 heterocycles. The number of halogens is 4. The topological polar surface area (TPSA) is 102 Å². The summed E-state index contributed by atoms with van der Waals surface area (Å²) in [5.74, 6) is -0.108. The number of nitrogens with one attached hydrogen (secondary N) is 2. The number of nitriles is 1. The molecule has 0 bridgehead atoms. The first kappa shape index (κ1) is 35.3. The highest BCUT2D eigenvalue weighted by Crippen LogP contribution is 2.37. The Labute approximate surface area is 269 Å². The second-order valence-electron chi connectivity index (χ2n) is 12.6. The molecule has 0 aromatic heterocycles. The lowest BCUT2D eigenvalue weighted by Gasteiger charge is -2.44. The molecule has 45 heavy (non-hydrogen) atoms. The lowest BCUT2D eigenvalue weighted by Crippen LogP contribution is -2.56. The number of alkyl halides is 3. The van der Waals surface area contributed by atoms with Crippen LogP contribution in [0.5, 0.6) is 5.75 Å². The predicted molar refractivity (Wildman–Crippen MR) is 169 cm³/mol. The van der Waals surface area contributed by atoms with E-state index < -0.39 is 18.1 Å². The van der Waals surface area contributed by atoms with Gasteiger partial charge in [0.05, 0.1) is 41.7 Å². The molecule has 7 atom stereocenters. The minimum atomic E-state index is -4.27. The van der Waals surface area contributed by atoms with Gasteiger partial charge in [-0.2, -0.15) is 18.4 Å². The highest BCUT2D eigenvalue weighted by molar-refractivity contribution is 6.32. The molecular weight excluding hydrogens is 609 g/mol. The van der Waals surface area contributed by atoms with Crippen LogP contribution in [0.15, 0.2) is 23.2 Å². The second-order valence-corrected chi connectivity index (χ2v) is 13.0. The molecule has 0 spiro atoms. The summed E-state index contributed by atoms with van der Waals surface area (Å²) in [5.41, 5.74) is 1.68. The van der Waals surface area contributed by atoms with E-state index in [1.54, 1.807) is 18.2 Å². The Morgan fingerprint density at radius 1 is 1.29 bits per heavy atom. The molecule has 3 aliphatic rings. The van der Waals surface area contributed by atoms with Crippen molar-refractivity contribution in [1.29, 1.82) is 5.26 Å². The van der Waals surface area contributed by atoms with Crippen LogP contribution in [0.3, 0.4) is 0 Å². The summed E-state index contributed by atoms with van der Waals surface area (Å²) >= 11 is 6.59. The number of anilines is 1. The van der Waals surface area contributed by atoms with Crippen LogP contribution in [0, 0.1) is 23.2 Å². The molecule has 1 aromatic rings. The van der Waals surface area contributed by atoms with Gasteiger partial charge in [0.2, 0.25) is 5.91 Å². The normalized spacial score (nSPS) is 29.0. The number of ether oxygens (including phenoxy) is 2. The number of aliphatic imine (C=N–C) groups is 1. The van der Waals surface area contributed by atoms with Crippen molar-refractivity contribution in [3.8, 4) is 11.8 Å². The third kappa shape index (κ3) is 9.24. The molecule has 4 rings (SSSR count). The van der Waals surface area contributed by atoms with Crippen molar-refractivity contribution < 1.29 is 27.4 Å². The van der Waals surface area contributed by atoms with Crippen LogP contribution in [-0.4, -0.2) is 105 Å². The van der Waals surface area contributed by atoms with E-state index in [9.17, 15) is 23.2 Å². The maximum atomic E-state index is 13.4. The van der Waals surface area contributed by atoms with Gasteiger partial charge in [0.1, 0.15) is 18.4 Å². The van der Waals surface area contributed by atoms with Crippen LogP contribution in [-0.2, 0) is 9.53 Å². The molecule has 1 aliphatic carbocycles. The number of hydrogen-bond donors (Lipinski definition) is 2. The molecule has 9 nitrogen and oxygen atoms in total. The molecule has 7 unspecified atom stereocenters. The van der Waals surface area contributed by atoms with Gasteiger partial charge in [0, 0.05) is 42.8 Å². The van der Waals surface area contributed by atoms with Gasteiger partial charge in [-0.15, -0.1) is 0 Å². The number of rotatable bonds is 12. The molecule has 1 amide bonds. The average molecular weight is 655 g/mol. The van der Waals surface area contributed by atoms with Crippen LogP contribution < -0.4 is 15.4 Å². The maximum Gasteiger partial charge on any atom is 0.404 e. The fraction of sp³-hybridized carbons (Fsp3) is 0.719. The summed E-state index contributed by atoms with van der Waals surface area (Å²) < 4.78 is 52.2. The van der Waals surface area contributed by atoms with E-state index in [1.165, 1.54) is 11.9 Å². The van der Waals surface area contributed by atoms with E-state index >= 15 is 0 Å². The number of carbonyl (C=O) groups excluding carboxylic acids is 1. The van der Waals surface area contributed by atoms with Gasteiger partial charge in [-0.05, 0) is 84.9 Å². The first-order chi connectivity index (χ1) is 21.4. The van der Waals surface area contributed by atoms with E-state index in [1.807, 2.05) is 25.9 Å². The van der Waals surface area contributed by atoms with Crippen molar-refractivity contribution in [3.05, 3.63) is 23.2 Å². The smallest absolute Gasteiger partial charge is 0.404 e. The highest BCUT2D eigenvalue weighted by atomic mass is 35.5. The zero-order valence-corrected chi connectivity index (χ0v) is 27.3. The van der Waals surface area contributed by atoms with Crippen LogP contribution >= 0.6 is 11.6 Å². The molecule has 250 valence electrons. The zero-order chi connectivity index (χ0) is 32.7. The third-order valence-electron chi connectivity index (χ3n) is 9.21. The van der Waals surface area contributed by atoms with Crippen molar-refractivity contribution in [1.82, 2.24) is 15.1 Å². The first-order valence-corrected chi connectivity index (χ1v) is 16.2. The maximum absolute atomic E-state index is 13.4. The predicted octanol–water partition coefficient (Wildman–Crippen LogP) is 5.15. The fourth-order valence-corrected chi connectivity index (χ4v) is 7.03. The standard InChI is InChI=1S/C32H46ClF3N6O3/c1-5-44-28-16-25-23(15-26(28)40-30(43)10-7-13-41(2)3)31(20(17-37)18-38-25)39-21-11-12-27(24(33)14-21)45-19-22-8-6-9-29(42(22)4)32(34,35)36/h11-12,14,20,22-23,26,28-29,31,39H,5-10,13,15-16,18-19H2,1-4H3,(H,40,43). The number of carbonyl (C=O) groups is 1. The molecular formula is C32H46ClF3N6O3. The summed E-state index contributed by atoms with van der Waals surface area (Å²) in [6, 6.07) is 5.31. The fourth-order valence-electron chi connectivity index (χ4n) is 6.79. The molecule has 2 fully saturated rings. The van der Waals surface area contributed by atoms with Crippen molar-refractivity contribution in [2.75, 3.05) is 52.8 Å². The molecule has 2 N–H and O–H groups in total. The quantitative estimate of drug-likeness (QED) is 0.322. The lowest BCUT2D eigenvalue weighted by molar-refractivity contribution is -0.195. The molecule has 1 saturated carbocycles. The SMILES string of the molecule is CCOC1CC2=NCC(C#N)C(Nc3ccc(OCC4CCCC(C(F)(F)F)N4C)c(Cl)c3)C2CC1NC(=O)CCCN(C)C. The van der Waals surface area contributed by atoms with Crippen molar-refractivity contribution in [3.63, 3.8) is 0 Å². The Hall–Kier alpha value is -2.59. The van der Waals surface area contributed by atoms with E-state index in [0.717, 1.165) is 18.7 Å². The van der Waals surface area contributed by atoms with Gasteiger partial charge in [0.25, 0.3) is 0 Å². The minimum absolute atomic E-state index is 0.0141. The largest absolute Gasteiger partial charge is 0.490 e. The number of piperidine rings is 1. The lowest BCUT2D eigenvalue weighted by atomic mass is 9.72. The van der Waals surface area contributed by atoms with E-state index in [4.69, 9.17) is 26.1 Å². The van der Waals surface area contributed by atoms with Crippen LogP contribution in [0.4, 0.5) is 18.9 Å². The van der Waals surface area contributed by atoms with E-state index in [-0.39, 0.29) is 49.1 Å². The van der Waals surface area contributed by atoms with Gasteiger partial charge in [-0.3, -0.25) is 14.7 Å². The third-order valence-corrected chi connectivity index (χ3v) is 9.51. The number of likely N-dealkylation sites (tertiary alicyclic amines) is 1. The number of likely N-dealkylation sites (N-methyl/N-ethyl adjacent to an activating group) is 1.